The monoisotopic (exact) mass is 265 g/mol. The van der Waals surface area contributed by atoms with E-state index in [-0.39, 0.29) is 0 Å². The molecule has 0 aromatic heterocycles. The van der Waals surface area contributed by atoms with Crippen LogP contribution in [0.25, 0.3) is 10.4 Å². The maximum atomic E-state index is 9.40. The van der Waals surface area contributed by atoms with Crippen LogP contribution in [0.4, 0.5) is 0 Å². The Labute approximate surface area is 112 Å². The lowest BCUT2D eigenvalue weighted by Crippen LogP contribution is -2.51. The van der Waals surface area contributed by atoms with Crippen molar-refractivity contribution in [2.45, 2.75) is 43.4 Å². The van der Waals surface area contributed by atoms with Crippen molar-refractivity contribution in [1.29, 1.82) is 5.26 Å². The Bertz CT molecular complexity index is 383. The van der Waals surface area contributed by atoms with Crippen molar-refractivity contribution in [1.82, 2.24) is 5.32 Å². The highest BCUT2D eigenvalue weighted by Gasteiger charge is 2.46. The molecule has 1 saturated carbocycles. The van der Waals surface area contributed by atoms with Crippen molar-refractivity contribution in [2.24, 2.45) is 5.11 Å². The van der Waals surface area contributed by atoms with Crippen LogP contribution in [-0.4, -0.2) is 37.6 Å². The Morgan fingerprint density at radius 3 is 2.53 bits per heavy atom. The standard InChI is InChI=1S/C12H19N5O2/c13-10-11(15-6-1-7-16-17-14)2-4-12(5-3-11)18-8-9-19-12/h15H,1-9H2. The first-order valence-corrected chi connectivity index (χ1v) is 6.69. The van der Waals surface area contributed by atoms with Crippen molar-refractivity contribution in [3.05, 3.63) is 10.4 Å². The van der Waals surface area contributed by atoms with Gasteiger partial charge in [0, 0.05) is 24.3 Å². The first-order chi connectivity index (χ1) is 9.24. The van der Waals surface area contributed by atoms with Gasteiger partial charge in [-0.3, -0.25) is 5.32 Å². The molecule has 0 unspecified atom stereocenters. The molecule has 0 aromatic carbocycles. The predicted molar refractivity (Wildman–Crippen MR) is 68.1 cm³/mol. The van der Waals surface area contributed by atoms with E-state index in [0.717, 1.165) is 32.1 Å². The smallest absolute Gasteiger partial charge is 0.168 e. The van der Waals surface area contributed by atoms with Gasteiger partial charge in [0.1, 0.15) is 5.54 Å². The van der Waals surface area contributed by atoms with Crippen molar-refractivity contribution in [2.75, 3.05) is 26.3 Å². The van der Waals surface area contributed by atoms with Crippen LogP contribution in [-0.2, 0) is 9.47 Å². The molecule has 1 saturated heterocycles. The van der Waals surface area contributed by atoms with Gasteiger partial charge in [-0.2, -0.15) is 5.26 Å². The zero-order chi connectivity index (χ0) is 13.6. The molecular formula is C12H19N5O2. The van der Waals surface area contributed by atoms with E-state index in [4.69, 9.17) is 15.0 Å². The number of nitrogens with one attached hydrogen (secondary N) is 1. The van der Waals surface area contributed by atoms with Crippen LogP contribution in [0.1, 0.15) is 32.1 Å². The summed E-state index contributed by atoms with van der Waals surface area (Å²) in [6.07, 6.45) is 3.70. The average molecular weight is 265 g/mol. The summed E-state index contributed by atoms with van der Waals surface area (Å²) in [6.45, 7) is 2.45. The van der Waals surface area contributed by atoms with Crippen LogP contribution in [0.5, 0.6) is 0 Å². The lowest BCUT2D eigenvalue weighted by Gasteiger charge is -2.40. The van der Waals surface area contributed by atoms with Crippen molar-refractivity contribution in [3.63, 3.8) is 0 Å². The molecule has 7 heteroatoms. The Morgan fingerprint density at radius 2 is 1.95 bits per heavy atom. The number of nitrogens with zero attached hydrogens (tertiary/aromatic N) is 4. The summed E-state index contributed by atoms with van der Waals surface area (Å²) in [4.78, 5) is 2.70. The van der Waals surface area contributed by atoms with Gasteiger partial charge in [0.05, 0.1) is 19.3 Å². The number of azide groups is 1. The zero-order valence-corrected chi connectivity index (χ0v) is 11.0. The van der Waals surface area contributed by atoms with Crippen molar-refractivity contribution in [3.8, 4) is 6.07 Å². The average Bonchev–Trinajstić information content (AvgIpc) is 2.90. The maximum absolute atomic E-state index is 9.40. The van der Waals surface area contributed by atoms with E-state index < -0.39 is 11.3 Å². The van der Waals surface area contributed by atoms with Gasteiger partial charge in [-0.1, -0.05) is 5.11 Å². The molecule has 7 nitrogen and oxygen atoms in total. The van der Waals surface area contributed by atoms with E-state index in [2.05, 4.69) is 21.4 Å². The normalized spacial score (nSPS) is 23.7. The molecule has 0 bridgehead atoms. The summed E-state index contributed by atoms with van der Waals surface area (Å²) in [5.41, 5.74) is 7.70. The molecule has 2 rings (SSSR count). The molecular weight excluding hydrogens is 246 g/mol. The second-order valence-corrected chi connectivity index (χ2v) is 5.04. The molecule has 1 aliphatic heterocycles. The molecule has 0 radical (unpaired) electrons. The fraction of sp³-hybridized carbons (Fsp3) is 0.917. The van der Waals surface area contributed by atoms with Crippen LogP contribution in [0.2, 0.25) is 0 Å². The van der Waals surface area contributed by atoms with E-state index >= 15 is 0 Å². The molecule has 19 heavy (non-hydrogen) atoms. The van der Waals surface area contributed by atoms with Gasteiger partial charge < -0.3 is 9.47 Å². The third-order valence-corrected chi connectivity index (χ3v) is 3.85. The third-order valence-electron chi connectivity index (χ3n) is 3.85. The first-order valence-electron chi connectivity index (χ1n) is 6.69. The number of nitriles is 1. The predicted octanol–water partition coefficient (Wildman–Crippen LogP) is 1.86. The number of hydrogen-bond donors (Lipinski definition) is 1. The number of hydrogen-bond acceptors (Lipinski definition) is 5. The van der Waals surface area contributed by atoms with Gasteiger partial charge in [0.2, 0.25) is 0 Å². The summed E-state index contributed by atoms with van der Waals surface area (Å²) in [7, 11) is 0. The maximum Gasteiger partial charge on any atom is 0.168 e. The minimum atomic E-state index is -0.489. The quantitative estimate of drug-likeness (QED) is 0.354. The highest BCUT2D eigenvalue weighted by molar-refractivity contribution is 5.10. The highest BCUT2D eigenvalue weighted by Crippen LogP contribution is 2.39. The van der Waals surface area contributed by atoms with E-state index in [0.29, 0.717) is 26.3 Å². The Balaban J connectivity index is 1.80. The topological polar surface area (TPSA) is 103 Å². The molecule has 0 aromatic rings. The Kier molecular flexibility index (Phi) is 4.61. The van der Waals surface area contributed by atoms with Crippen LogP contribution < -0.4 is 5.32 Å². The minimum absolute atomic E-state index is 0.437. The summed E-state index contributed by atoms with van der Waals surface area (Å²) in [5.74, 6) is -0.437. The molecule has 2 fully saturated rings. The second-order valence-electron chi connectivity index (χ2n) is 5.04. The highest BCUT2D eigenvalue weighted by atomic mass is 16.7. The van der Waals surface area contributed by atoms with E-state index in [1.54, 1.807) is 0 Å². The molecule has 0 atom stereocenters. The molecule has 1 heterocycles. The van der Waals surface area contributed by atoms with Gasteiger partial charge in [0.15, 0.2) is 5.79 Å². The van der Waals surface area contributed by atoms with E-state index in [9.17, 15) is 5.26 Å². The second kappa shape index (κ2) is 6.22. The Hall–Kier alpha value is -1.32. The first kappa shape index (κ1) is 14.1. The summed E-state index contributed by atoms with van der Waals surface area (Å²) in [5, 5.41) is 16.2. The molecule has 1 aliphatic carbocycles. The minimum Gasteiger partial charge on any atom is -0.348 e. The molecule has 1 spiro atoms. The largest absolute Gasteiger partial charge is 0.348 e. The fourth-order valence-corrected chi connectivity index (χ4v) is 2.69. The number of ether oxygens (including phenoxy) is 2. The van der Waals surface area contributed by atoms with Crippen LogP contribution in [0.3, 0.4) is 0 Å². The zero-order valence-electron chi connectivity index (χ0n) is 11.0. The van der Waals surface area contributed by atoms with Gasteiger partial charge in [-0.05, 0) is 31.3 Å². The summed E-state index contributed by atoms with van der Waals surface area (Å²) < 4.78 is 11.3. The molecule has 1 N–H and O–H groups in total. The summed E-state index contributed by atoms with van der Waals surface area (Å²) >= 11 is 0. The van der Waals surface area contributed by atoms with Gasteiger partial charge >= 0.3 is 0 Å². The SMILES string of the molecule is N#CC1(NCCCN=[N+]=[N-])CCC2(CC1)OCCO2. The van der Waals surface area contributed by atoms with Crippen molar-refractivity contribution >= 4 is 0 Å². The van der Waals surface area contributed by atoms with Gasteiger partial charge in [-0.15, -0.1) is 0 Å². The van der Waals surface area contributed by atoms with Gasteiger partial charge in [-0.25, -0.2) is 0 Å². The Morgan fingerprint density at radius 1 is 1.26 bits per heavy atom. The van der Waals surface area contributed by atoms with E-state index in [1.807, 2.05) is 0 Å². The van der Waals surface area contributed by atoms with Crippen molar-refractivity contribution < 1.29 is 9.47 Å². The van der Waals surface area contributed by atoms with Crippen LogP contribution in [0, 0.1) is 11.3 Å². The molecule has 0 amide bonds. The molecule has 104 valence electrons. The fourth-order valence-electron chi connectivity index (χ4n) is 2.69. The van der Waals surface area contributed by atoms with Crippen LogP contribution >= 0.6 is 0 Å². The number of rotatable bonds is 5. The van der Waals surface area contributed by atoms with Crippen LogP contribution in [0.15, 0.2) is 5.11 Å². The molecule has 2 aliphatic rings. The lowest BCUT2D eigenvalue weighted by molar-refractivity contribution is -0.183. The lowest BCUT2D eigenvalue weighted by atomic mass is 9.79. The van der Waals surface area contributed by atoms with Gasteiger partial charge in [0.25, 0.3) is 0 Å². The van der Waals surface area contributed by atoms with E-state index in [1.165, 1.54) is 0 Å². The third kappa shape index (κ3) is 3.37. The summed E-state index contributed by atoms with van der Waals surface area (Å²) in [6, 6.07) is 2.39.